The second kappa shape index (κ2) is 12.5. The number of phenolic OH excluding ortho intramolecular Hbond substituents is 1. The number of aryl methyl sites for hydroxylation is 1. The lowest BCUT2D eigenvalue weighted by Crippen LogP contribution is -2.32. The number of carboxylic acids is 1. The summed E-state index contributed by atoms with van der Waals surface area (Å²) in [6.45, 7) is 3.93. The van der Waals surface area contributed by atoms with Gasteiger partial charge in [-0.1, -0.05) is 55.0 Å². The number of hydrogen-bond acceptors (Lipinski definition) is 4. The van der Waals surface area contributed by atoms with Crippen LogP contribution in [0.15, 0.2) is 72.8 Å². The molecule has 1 fully saturated rings. The van der Waals surface area contributed by atoms with E-state index in [0.29, 0.717) is 11.7 Å². The van der Waals surface area contributed by atoms with Gasteiger partial charge in [0.25, 0.3) is 0 Å². The van der Waals surface area contributed by atoms with Gasteiger partial charge in [-0.15, -0.1) is 0 Å². The monoisotopic (exact) mass is 512 g/mol. The number of nitrogens with zero attached hydrogens (tertiary/aromatic N) is 2. The fraction of sp³-hybridized carbons (Fsp3) is 0.424. The molecule has 2 atom stereocenters. The molecule has 1 aliphatic carbocycles. The Labute approximate surface area is 226 Å². The van der Waals surface area contributed by atoms with Gasteiger partial charge in [0, 0.05) is 24.7 Å². The lowest BCUT2D eigenvalue weighted by atomic mass is 9.69. The third-order valence-corrected chi connectivity index (χ3v) is 8.35. The minimum atomic E-state index is -0.728. The molecule has 0 spiro atoms. The Morgan fingerprint density at radius 3 is 2.21 bits per heavy atom. The van der Waals surface area contributed by atoms with E-state index in [-0.39, 0.29) is 12.5 Å². The zero-order valence-corrected chi connectivity index (χ0v) is 22.3. The maximum atomic E-state index is 11.2. The van der Waals surface area contributed by atoms with Crippen LogP contribution in [-0.4, -0.2) is 53.8 Å². The molecular weight excluding hydrogens is 472 g/mol. The van der Waals surface area contributed by atoms with Crippen molar-refractivity contribution in [2.75, 3.05) is 37.6 Å². The number of anilines is 1. The number of carboxylic acid groups (broad SMARTS) is 1. The van der Waals surface area contributed by atoms with Crippen molar-refractivity contribution in [2.45, 2.75) is 56.8 Å². The van der Waals surface area contributed by atoms with E-state index in [1.807, 2.05) is 12.1 Å². The van der Waals surface area contributed by atoms with Crippen molar-refractivity contribution >= 4 is 11.7 Å². The van der Waals surface area contributed by atoms with Crippen molar-refractivity contribution in [1.82, 2.24) is 4.90 Å². The number of fused-ring (bicyclic) bond motifs is 1. The van der Waals surface area contributed by atoms with Crippen molar-refractivity contribution < 1.29 is 15.0 Å². The van der Waals surface area contributed by atoms with Gasteiger partial charge in [-0.05, 0) is 104 Å². The average Bonchev–Trinajstić information content (AvgIpc) is 2.98. The summed E-state index contributed by atoms with van der Waals surface area (Å²) >= 11 is 0. The predicted octanol–water partition coefficient (Wildman–Crippen LogP) is 6.41. The zero-order chi connectivity index (χ0) is 26.3. The summed E-state index contributed by atoms with van der Waals surface area (Å²) in [6.07, 6.45) is 7.43. The van der Waals surface area contributed by atoms with Crippen LogP contribution in [0.5, 0.6) is 5.75 Å². The number of hydrogen-bond donors (Lipinski definition) is 2. The normalized spacial score (nSPS) is 21.3. The van der Waals surface area contributed by atoms with Gasteiger partial charge in [-0.2, -0.15) is 0 Å². The van der Waals surface area contributed by atoms with E-state index in [1.54, 1.807) is 0 Å². The molecule has 1 saturated heterocycles. The van der Waals surface area contributed by atoms with E-state index < -0.39 is 5.97 Å². The van der Waals surface area contributed by atoms with Crippen molar-refractivity contribution in [3.8, 4) is 5.75 Å². The second-order valence-electron chi connectivity index (χ2n) is 10.9. The SMILES string of the molecule is O=C(O)CN1CCCCCN(c2ccc([C@@H]3c4ccc(O)cc4CC[C@@H]3c3ccccc3)cc2)CCCC1. The molecular formula is C33H40N2O3. The van der Waals surface area contributed by atoms with Crippen LogP contribution < -0.4 is 4.90 Å². The van der Waals surface area contributed by atoms with E-state index >= 15 is 0 Å². The first-order chi connectivity index (χ1) is 18.6. The molecule has 1 aliphatic heterocycles. The minimum absolute atomic E-state index is 0.152. The van der Waals surface area contributed by atoms with Crippen LogP contribution in [0, 0.1) is 0 Å². The summed E-state index contributed by atoms with van der Waals surface area (Å²) < 4.78 is 0. The lowest BCUT2D eigenvalue weighted by molar-refractivity contribution is -0.138. The van der Waals surface area contributed by atoms with Gasteiger partial charge in [0.1, 0.15) is 5.75 Å². The molecule has 0 radical (unpaired) electrons. The molecule has 0 saturated carbocycles. The van der Waals surface area contributed by atoms with Crippen LogP contribution in [0.25, 0.3) is 0 Å². The Bertz CT molecular complexity index is 1190. The fourth-order valence-corrected chi connectivity index (χ4v) is 6.45. The first kappa shape index (κ1) is 26.3. The first-order valence-corrected chi connectivity index (χ1v) is 14.2. The van der Waals surface area contributed by atoms with Crippen molar-refractivity contribution in [3.63, 3.8) is 0 Å². The molecule has 1 heterocycles. The van der Waals surface area contributed by atoms with Crippen LogP contribution in [0.1, 0.15) is 72.6 Å². The molecule has 5 nitrogen and oxygen atoms in total. The molecule has 2 aliphatic rings. The van der Waals surface area contributed by atoms with Gasteiger partial charge in [0.15, 0.2) is 0 Å². The highest BCUT2D eigenvalue weighted by Crippen LogP contribution is 2.47. The molecule has 0 aromatic heterocycles. The number of phenols is 1. The van der Waals surface area contributed by atoms with Crippen molar-refractivity contribution in [3.05, 3.63) is 95.1 Å². The van der Waals surface area contributed by atoms with Crippen LogP contribution >= 0.6 is 0 Å². The number of rotatable bonds is 5. The Morgan fingerprint density at radius 1 is 0.789 bits per heavy atom. The third kappa shape index (κ3) is 6.39. The number of benzene rings is 3. The molecule has 38 heavy (non-hydrogen) atoms. The van der Waals surface area contributed by atoms with Crippen LogP contribution in [0.3, 0.4) is 0 Å². The average molecular weight is 513 g/mol. The smallest absolute Gasteiger partial charge is 0.317 e. The molecule has 5 rings (SSSR count). The summed E-state index contributed by atoms with van der Waals surface area (Å²) in [7, 11) is 0. The number of aliphatic carboxylic acids is 1. The van der Waals surface area contributed by atoms with Gasteiger partial charge in [-0.25, -0.2) is 0 Å². The molecule has 0 unspecified atom stereocenters. The predicted molar refractivity (Wildman–Crippen MR) is 153 cm³/mol. The summed E-state index contributed by atoms with van der Waals surface area (Å²) in [4.78, 5) is 15.8. The van der Waals surface area contributed by atoms with E-state index in [1.165, 1.54) is 27.9 Å². The lowest BCUT2D eigenvalue weighted by Gasteiger charge is -2.35. The van der Waals surface area contributed by atoms with Gasteiger partial charge in [0.2, 0.25) is 0 Å². The van der Waals surface area contributed by atoms with Crippen molar-refractivity contribution in [1.29, 1.82) is 0 Å². The Kier molecular flexibility index (Phi) is 8.65. The molecule has 200 valence electrons. The van der Waals surface area contributed by atoms with Gasteiger partial charge in [-0.3, -0.25) is 9.69 Å². The van der Waals surface area contributed by atoms with Crippen LogP contribution in [-0.2, 0) is 11.2 Å². The van der Waals surface area contributed by atoms with Crippen molar-refractivity contribution in [2.24, 2.45) is 0 Å². The van der Waals surface area contributed by atoms with Crippen LogP contribution in [0.4, 0.5) is 5.69 Å². The van der Waals surface area contributed by atoms with E-state index in [4.69, 9.17) is 0 Å². The van der Waals surface area contributed by atoms with Crippen LogP contribution in [0.2, 0.25) is 0 Å². The second-order valence-corrected chi connectivity index (χ2v) is 10.9. The summed E-state index contributed by atoms with van der Waals surface area (Å²) in [6, 6.07) is 26.0. The Balaban J connectivity index is 1.35. The van der Waals surface area contributed by atoms with E-state index in [9.17, 15) is 15.0 Å². The fourth-order valence-electron chi connectivity index (χ4n) is 6.45. The van der Waals surface area contributed by atoms with Gasteiger partial charge in [0.05, 0.1) is 6.54 Å². The number of carbonyl (C=O) groups is 1. The minimum Gasteiger partial charge on any atom is -0.508 e. The maximum Gasteiger partial charge on any atom is 0.317 e. The first-order valence-electron chi connectivity index (χ1n) is 14.2. The third-order valence-electron chi connectivity index (χ3n) is 8.35. The van der Waals surface area contributed by atoms with Gasteiger partial charge < -0.3 is 15.1 Å². The van der Waals surface area contributed by atoms with Gasteiger partial charge >= 0.3 is 5.97 Å². The van der Waals surface area contributed by atoms with E-state index in [2.05, 4.69) is 70.5 Å². The highest BCUT2D eigenvalue weighted by atomic mass is 16.4. The molecule has 0 bridgehead atoms. The highest BCUT2D eigenvalue weighted by molar-refractivity contribution is 5.69. The Morgan fingerprint density at radius 2 is 1.47 bits per heavy atom. The standard InChI is InChI=1S/C33H40N2O3/c36-29-16-18-31-27(23-29)13-17-30(25-9-3-1-4-10-25)33(31)26-11-14-28(15-12-26)35-21-6-2-5-19-34(24-32(37)38)20-7-8-22-35/h1,3-4,9-12,14-16,18,23,30,33,36H,2,5-8,13,17,19-22,24H2,(H,37,38)/t30-,33+/m1/s1. The summed E-state index contributed by atoms with van der Waals surface area (Å²) in [5.41, 5.74) is 6.57. The molecule has 0 amide bonds. The molecule has 3 aromatic carbocycles. The topological polar surface area (TPSA) is 64.0 Å². The number of aromatic hydroxyl groups is 1. The van der Waals surface area contributed by atoms with E-state index in [0.717, 1.165) is 71.1 Å². The highest BCUT2D eigenvalue weighted by Gasteiger charge is 2.32. The molecule has 3 aromatic rings. The largest absolute Gasteiger partial charge is 0.508 e. The zero-order valence-electron chi connectivity index (χ0n) is 22.3. The summed E-state index contributed by atoms with van der Waals surface area (Å²) in [5, 5.41) is 19.3. The quantitative estimate of drug-likeness (QED) is 0.414. The molecule has 5 heteroatoms. The maximum absolute atomic E-state index is 11.2. The summed E-state index contributed by atoms with van der Waals surface area (Å²) in [5.74, 6) is 0.291. The molecule has 2 N–H and O–H groups in total. The Hall–Kier alpha value is -3.31.